The minimum Gasteiger partial charge on any atom is -0.497 e. The molecule has 0 radical (unpaired) electrons. The molecule has 1 aromatic carbocycles. The van der Waals surface area contributed by atoms with Crippen LogP contribution < -0.4 is 4.74 Å². The van der Waals surface area contributed by atoms with Crippen LogP contribution in [0.5, 0.6) is 5.75 Å². The summed E-state index contributed by atoms with van der Waals surface area (Å²) in [7, 11) is 1.48. The van der Waals surface area contributed by atoms with E-state index in [4.69, 9.17) is 16.3 Å². The Morgan fingerprint density at radius 3 is 2.64 bits per heavy atom. The number of ether oxygens (including phenoxy) is 1. The van der Waals surface area contributed by atoms with E-state index in [2.05, 4.69) is 12.6 Å². The lowest BCUT2D eigenvalue weighted by atomic mass is 10.3. The van der Waals surface area contributed by atoms with Gasteiger partial charge >= 0.3 is 0 Å². The van der Waals surface area contributed by atoms with E-state index >= 15 is 0 Å². The number of halogens is 2. The van der Waals surface area contributed by atoms with Gasteiger partial charge in [0.25, 0.3) is 0 Å². The second kappa shape index (κ2) is 3.32. The van der Waals surface area contributed by atoms with Crippen molar-refractivity contribution in [3.8, 4) is 5.75 Å². The van der Waals surface area contributed by atoms with Gasteiger partial charge in [-0.3, -0.25) is 0 Å². The van der Waals surface area contributed by atoms with E-state index in [0.29, 0.717) is 5.75 Å². The maximum Gasteiger partial charge on any atom is 0.155 e. The lowest BCUT2D eigenvalue weighted by Crippen LogP contribution is -1.86. The molecular weight excluding hydrogens is 187 g/mol. The molecule has 11 heavy (non-hydrogen) atoms. The van der Waals surface area contributed by atoms with E-state index in [1.54, 1.807) is 0 Å². The van der Waals surface area contributed by atoms with Gasteiger partial charge in [-0.2, -0.15) is 0 Å². The molecule has 0 aliphatic heterocycles. The van der Waals surface area contributed by atoms with Crippen LogP contribution in [0.4, 0.5) is 4.39 Å². The Morgan fingerprint density at radius 1 is 1.55 bits per heavy atom. The van der Waals surface area contributed by atoms with Crippen molar-refractivity contribution in [1.82, 2.24) is 0 Å². The van der Waals surface area contributed by atoms with Gasteiger partial charge in [-0.15, -0.1) is 12.6 Å². The highest BCUT2D eigenvalue weighted by atomic mass is 35.5. The predicted octanol–water partition coefficient (Wildman–Crippen LogP) is 2.78. The average molecular weight is 193 g/mol. The number of rotatable bonds is 1. The Hall–Kier alpha value is -0.410. The maximum absolute atomic E-state index is 12.8. The highest BCUT2D eigenvalue weighted by Crippen LogP contribution is 2.26. The van der Waals surface area contributed by atoms with Crippen molar-refractivity contribution in [2.45, 2.75) is 4.90 Å². The second-order valence-electron chi connectivity index (χ2n) is 1.94. The number of hydrogen-bond donors (Lipinski definition) is 1. The fourth-order valence-electron chi connectivity index (χ4n) is 0.668. The molecule has 0 aliphatic rings. The smallest absolute Gasteiger partial charge is 0.155 e. The Labute approximate surface area is 74.5 Å². The summed E-state index contributed by atoms with van der Waals surface area (Å²) in [4.78, 5) is 0.189. The maximum atomic E-state index is 12.8. The molecule has 0 atom stereocenters. The fraction of sp³-hybridized carbons (Fsp3) is 0.143. The molecule has 0 saturated carbocycles. The third-order valence-corrected chi connectivity index (χ3v) is 1.82. The van der Waals surface area contributed by atoms with Crippen LogP contribution in [-0.4, -0.2) is 7.11 Å². The summed E-state index contributed by atoms with van der Waals surface area (Å²) in [6.07, 6.45) is 0. The highest BCUT2D eigenvalue weighted by Gasteiger charge is 2.05. The molecule has 1 aromatic rings. The van der Waals surface area contributed by atoms with Crippen molar-refractivity contribution in [1.29, 1.82) is 0 Å². The summed E-state index contributed by atoms with van der Waals surface area (Å²) >= 11 is 9.35. The predicted molar refractivity (Wildman–Crippen MR) is 45.2 cm³/mol. The molecule has 0 aliphatic carbocycles. The quantitative estimate of drug-likeness (QED) is 0.674. The summed E-state index contributed by atoms with van der Waals surface area (Å²) in [5, 5.41) is 0.0225. The Balaban J connectivity index is 3.21. The summed E-state index contributed by atoms with van der Waals surface area (Å²) in [6.45, 7) is 0. The molecular formula is C7H6ClFOS. The Kier molecular flexibility index (Phi) is 2.62. The van der Waals surface area contributed by atoms with Gasteiger partial charge in [0, 0.05) is 11.0 Å². The molecule has 0 saturated heterocycles. The molecule has 0 amide bonds. The Bertz CT molecular complexity index is 254. The van der Waals surface area contributed by atoms with Crippen molar-refractivity contribution in [3.05, 3.63) is 23.0 Å². The van der Waals surface area contributed by atoms with Crippen LogP contribution in [0.25, 0.3) is 0 Å². The third kappa shape index (κ3) is 1.79. The highest BCUT2D eigenvalue weighted by molar-refractivity contribution is 7.80. The average Bonchev–Trinajstić information content (AvgIpc) is 1.99. The molecule has 4 heteroatoms. The van der Waals surface area contributed by atoms with Crippen LogP contribution in [0.2, 0.25) is 5.02 Å². The fourth-order valence-corrected chi connectivity index (χ4v) is 1.19. The third-order valence-electron chi connectivity index (χ3n) is 1.22. The SMILES string of the molecule is COc1cc(S)c(F)c(Cl)c1. The van der Waals surface area contributed by atoms with Gasteiger partial charge in [-0.25, -0.2) is 4.39 Å². The normalized spacial score (nSPS) is 9.82. The Morgan fingerprint density at radius 2 is 2.18 bits per heavy atom. The molecule has 0 heterocycles. The first kappa shape index (κ1) is 8.68. The van der Waals surface area contributed by atoms with E-state index in [1.165, 1.54) is 19.2 Å². The van der Waals surface area contributed by atoms with Crippen molar-refractivity contribution in [2.24, 2.45) is 0 Å². The van der Waals surface area contributed by atoms with E-state index in [9.17, 15) is 4.39 Å². The van der Waals surface area contributed by atoms with Crippen molar-refractivity contribution >= 4 is 24.2 Å². The summed E-state index contributed by atoms with van der Waals surface area (Å²) in [5.74, 6) is -0.0165. The van der Waals surface area contributed by atoms with Gasteiger partial charge in [-0.05, 0) is 6.07 Å². The molecule has 0 spiro atoms. The van der Waals surface area contributed by atoms with E-state index in [-0.39, 0.29) is 9.92 Å². The van der Waals surface area contributed by atoms with Crippen molar-refractivity contribution in [3.63, 3.8) is 0 Å². The summed E-state index contributed by atoms with van der Waals surface area (Å²) in [5.41, 5.74) is 0. The summed E-state index contributed by atoms with van der Waals surface area (Å²) < 4.78 is 17.6. The lowest BCUT2D eigenvalue weighted by molar-refractivity contribution is 0.412. The van der Waals surface area contributed by atoms with Crippen LogP contribution >= 0.6 is 24.2 Å². The van der Waals surface area contributed by atoms with Gasteiger partial charge in [0.15, 0.2) is 5.82 Å². The molecule has 60 valence electrons. The zero-order chi connectivity index (χ0) is 8.43. The van der Waals surface area contributed by atoms with E-state index in [1.807, 2.05) is 0 Å². The molecule has 0 fully saturated rings. The molecule has 0 bridgehead atoms. The van der Waals surface area contributed by atoms with Gasteiger partial charge in [0.1, 0.15) is 5.75 Å². The molecule has 0 aromatic heterocycles. The zero-order valence-electron chi connectivity index (χ0n) is 5.77. The minimum atomic E-state index is -0.518. The number of thiol groups is 1. The zero-order valence-corrected chi connectivity index (χ0v) is 7.42. The monoisotopic (exact) mass is 192 g/mol. The van der Waals surface area contributed by atoms with Crippen LogP contribution in [0, 0.1) is 5.82 Å². The second-order valence-corrected chi connectivity index (χ2v) is 2.83. The van der Waals surface area contributed by atoms with Crippen molar-refractivity contribution < 1.29 is 9.13 Å². The minimum absolute atomic E-state index is 0.0225. The standard InChI is InChI=1S/C7H6ClFOS/c1-10-4-2-5(8)7(9)6(11)3-4/h2-3,11H,1H3. The molecule has 1 nitrogen and oxygen atoms in total. The summed E-state index contributed by atoms with van der Waals surface area (Å²) in [6, 6.07) is 2.86. The van der Waals surface area contributed by atoms with Crippen LogP contribution in [-0.2, 0) is 0 Å². The largest absolute Gasteiger partial charge is 0.497 e. The topological polar surface area (TPSA) is 9.23 Å². The van der Waals surface area contributed by atoms with Crippen LogP contribution in [0.1, 0.15) is 0 Å². The van der Waals surface area contributed by atoms with E-state index < -0.39 is 5.82 Å². The van der Waals surface area contributed by atoms with E-state index in [0.717, 1.165) is 0 Å². The van der Waals surface area contributed by atoms with Crippen LogP contribution in [0.15, 0.2) is 17.0 Å². The first-order valence-electron chi connectivity index (χ1n) is 2.87. The molecule has 0 unspecified atom stereocenters. The first-order valence-corrected chi connectivity index (χ1v) is 3.69. The van der Waals surface area contributed by atoms with Gasteiger partial charge in [0.2, 0.25) is 0 Å². The van der Waals surface area contributed by atoms with Gasteiger partial charge < -0.3 is 4.74 Å². The number of methoxy groups -OCH3 is 1. The van der Waals surface area contributed by atoms with Gasteiger partial charge in [-0.1, -0.05) is 11.6 Å². The molecule has 1 rings (SSSR count). The number of hydrogen-bond acceptors (Lipinski definition) is 2. The van der Waals surface area contributed by atoms with Crippen molar-refractivity contribution in [2.75, 3.05) is 7.11 Å². The first-order chi connectivity index (χ1) is 5.15. The number of benzene rings is 1. The lowest BCUT2D eigenvalue weighted by Gasteiger charge is -2.02. The molecule has 0 N–H and O–H groups in total. The van der Waals surface area contributed by atoms with Gasteiger partial charge in [0.05, 0.1) is 12.1 Å². The van der Waals surface area contributed by atoms with Crippen LogP contribution in [0.3, 0.4) is 0 Å².